The van der Waals surface area contributed by atoms with Crippen LogP contribution < -0.4 is 9.80 Å². The third-order valence-corrected chi connectivity index (χ3v) is 10.8. The maximum Gasteiger partial charge on any atom is 0.133 e. The summed E-state index contributed by atoms with van der Waals surface area (Å²) in [7, 11) is 0. The average Bonchev–Trinajstić information content (AvgIpc) is 3.25. The standard InChI is InChI=1S/C51H37N3/c1-6-18-36(19-7-1)45-34-47(53(38-22-10-3-11-23-38)39-24-12-4-13-25-39)43-31-29-42-46(37-20-8-2-9-21-37)35-48(44-32-30-41(45)50(43)51(42)44)54(40-26-14-5-15-27-40)49-28-16-17-33-52-49/h1-29,31-35,48H,30H2. The first-order valence-electron chi connectivity index (χ1n) is 18.6. The van der Waals surface area contributed by atoms with E-state index >= 15 is 0 Å². The van der Waals surface area contributed by atoms with Crippen molar-refractivity contribution < 1.29 is 0 Å². The summed E-state index contributed by atoms with van der Waals surface area (Å²) >= 11 is 0. The van der Waals surface area contributed by atoms with Crippen LogP contribution in [0.2, 0.25) is 0 Å². The summed E-state index contributed by atoms with van der Waals surface area (Å²) < 4.78 is 0. The molecule has 54 heavy (non-hydrogen) atoms. The van der Waals surface area contributed by atoms with E-state index in [1.807, 2.05) is 12.3 Å². The lowest BCUT2D eigenvalue weighted by molar-refractivity contribution is 0.923. The number of pyridine rings is 1. The lowest BCUT2D eigenvalue weighted by atomic mass is 9.73. The number of anilines is 5. The minimum Gasteiger partial charge on any atom is -0.315 e. The number of allylic oxidation sites excluding steroid dienone is 1. The second kappa shape index (κ2) is 13.5. The van der Waals surface area contributed by atoms with Gasteiger partial charge in [-0.15, -0.1) is 0 Å². The zero-order valence-electron chi connectivity index (χ0n) is 29.8. The third kappa shape index (κ3) is 5.41. The van der Waals surface area contributed by atoms with Crippen molar-refractivity contribution in [3.05, 3.63) is 229 Å². The summed E-state index contributed by atoms with van der Waals surface area (Å²) in [5.74, 6) is 0.915. The Labute approximate surface area is 316 Å². The van der Waals surface area contributed by atoms with E-state index in [-0.39, 0.29) is 6.04 Å². The van der Waals surface area contributed by atoms with Gasteiger partial charge in [-0.1, -0.05) is 140 Å². The number of para-hydroxylation sites is 3. The van der Waals surface area contributed by atoms with Crippen LogP contribution in [0.5, 0.6) is 0 Å². The highest BCUT2D eigenvalue weighted by atomic mass is 15.2. The Hall–Kier alpha value is -6.97. The van der Waals surface area contributed by atoms with Gasteiger partial charge in [-0.05, 0) is 117 Å². The van der Waals surface area contributed by atoms with Crippen LogP contribution in [-0.4, -0.2) is 11.0 Å². The van der Waals surface area contributed by atoms with Crippen molar-refractivity contribution in [3.8, 4) is 11.1 Å². The molecule has 2 aliphatic carbocycles. The van der Waals surface area contributed by atoms with Gasteiger partial charge < -0.3 is 9.80 Å². The van der Waals surface area contributed by atoms with Gasteiger partial charge in [-0.25, -0.2) is 4.98 Å². The Kier molecular flexibility index (Phi) is 7.96. The fourth-order valence-corrected chi connectivity index (χ4v) is 8.47. The minimum atomic E-state index is -0.105. The molecule has 10 rings (SSSR count). The van der Waals surface area contributed by atoms with Gasteiger partial charge in [0.25, 0.3) is 0 Å². The predicted molar refractivity (Wildman–Crippen MR) is 226 cm³/mol. The largest absolute Gasteiger partial charge is 0.315 e. The quantitative estimate of drug-likeness (QED) is 0.158. The molecule has 2 aliphatic rings. The molecule has 3 heteroatoms. The molecule has 0 saturated heterocycles. The lowest BCUT2D eigenvalue weighted by Crippen LogP contribution is -2.34. The van der Waals surface area contributed by atoms with Gasteiger partial charge >= 0.3 is 0 Å². The molecule has 3 nitrogen and oxygen atoms in total. The maximum absolute atomic E-state index is 4.95. The first kappa shape index (κ1) is 31.7. The fraction of sp³-hybridized carbons (Fsp3) is 0.0392. The van der Waals surface area contributed by atoms with Crippen LogP contribution >= 0.6 is 0 Å². The molecule has 1 heterocycles. The predicted octanol–water partition coefficient (Wildman–Crippen LogP) is 13.0. The summed E-state index contributed by atoms with van der Waals surface area (Å²) in [6.45, 7) is 0. The van der Waals surface area contributed by atoms with Crippen LogP contribution in [0.1, 0.15) is 22.3 Å². The molecule has 0 bridgehead atoms. The van der Waals surface area contributed by atoms with Crippen LogP contribution in [0, 0.1) is 0 Å². The number of aromatic nitrogens is 1. The van der Waals surface area contributed by atoms with Crippen molar-refractivity contribution in [2.45, 2.75) is 12.5 Å². The second-order valence-electron chi connectivity index (χ2n) is 13.9. The third-order valence-electron chi connectivity index (χ3n) is 10.8. The highest BCUT2D eigenvalue weighted by Crippen LogP contribution is 2.52. The number of rotatable bonds is 8. The summed E-state index contributed by atoms with van der Waals surface area (Å²) in [6, 6.07) is 67.3. The SMILES string of the molecule is C1=C(c2ccccc2)c2ccc3c(N(c4ccccc4)c4ccccc4)cc(-c4ccccc4)c4c3c2C(=CC4)C1N(c1ccccc1)c1ccccn1. The van der Waals surface area contributed by atoms with Crippen LogP contribution in [0.15, 0.2) is 206 Å². The van der Waals surface area contributed by atoms with E-state index in [1.165, 1.54) is 55.3 Å². The summed E-state index contributed by atoms with van der Waals surface area (Å²) in [5.41, 5.74) is 14.6. The van der Waals surface area contributed by atoms with E-state index in [0.717, 1.165) is 35.0 Å². The molecular formula is C51H37N3. The molecule has 0 aliphatic heterocycles. The molecule has 0 N–H and O–H groups in total. The van der Waals surface area contributed by atoms with Crippen LogP contribution in [-0.2, 0) is 6.42 Å². The topological polar surface area (TPSA) is 19.4 Å². The average molecular weight is 692 g/mol. The van der Waals surface area contributed by atoms with Gasteiger partial charge in [0.2, 0.25) is 0 Å². The lowest BCUT2D eigenvalue weighted by Gasteiger charge is -2.39. The summed E-state index contributed by atoms with van der Waals surface area (Å²) in [4.78, 5) is 9.78. The van der Waals surface area contributed by atoms with Gasteiger partial charge in [-0.3, -0.25) is 0 Å². The van der Waals surface area contributed by atoms with Gasteiger partial charge in [0.05, 0.1) is 11.7 Å². The van der Waals surface area contributed by atoms with Gasteiger partial charge in [0.15, 0.2) is 0 Å². The number of benzene rings is 7. The number of hydrogen-bond donors (Lipinski definition) is 0. The molecule has 0 spiro atoms. The van der Waals surface area contributed by atoms with Gasteiger partial charge in [0, 0.05) is 28.6 Å². The molecule has 0 fully saturated rings. The van der Waals surface area contributed by atoms with Crippen molar-refractivity contribution >= 4 is 50.5 Å². The second-order valence-corrected chi connectivity index (χ2v) is 13.9. The molecule has 0 saturated carbocycles. The highest BCUT2D eigenvalue weighted by Gasteiger charge is 2.36. The van der Waals surface area contributed by atoms with Crippen molar-refractivity contribution in [2.24, 2.45) is 0 Å². The van der Waals surface area contributed by atoms with E-state index < -0.39 is 0 Å². The smallest absolute Gasteiger partial charge is 0.133 e. The monoisotopic (exact) mass is 691 g/mol. The zero-order chi connectivity index (χ0) is 35.8. The van der Waals surface area contributed by atoms with Crippen molar-refractivity contribution in [2.75, 3.05) is 9.80 Å². The zero-order valence-corrected chi connectivity index (χ0v) is 29.8. The van der Waals surface area contributed by atoms with Crippen molar-refractivity contribution in [3.63, 3.8) is 0 Å². The molecule has 1 atom stereocenters. The number of nitrogens with zero attached hydrogens (tertiary/aromatic N) is 3. The fourth-order valence-electron chi connectivity index (χ4n) is 8.47. The number of hydrogen-bond acceptors (Lipinski definition) is 3. The Balaban J connectivity index is 1.31. The molecule has 0 radical (unpaired) electrons. The summed E-state index contributed by atoms with van der Waals surface area (Å²) in [5, 5.41) is 2.55. The van der Waals surface area contributed by atoms with E-state index in [9.17, 15) is 0 Å². The Bertz CT molecular complexity index is 2580. The van der Waals surface area contributed by atoms with E-state index in [4.69, 9.17) is 4.98 Å². The van der Waals surface area contributed by atoms with Crippen LogP contribution in [0.25, 0.3) is 33.0 Å². The first-order valence-corrected chi connectivity index (χ1v) is 18.6. The van der Waals surface area contributed by atoms with E-state index in [1.54, 1.807) is 0 Å². The Morgan fingerprint density at radius 1 is 0.519 bits per heavy atom. The highest BCUT2D eigenvalue weighted by molar-refractivity contribution is 6.14. The molecule has 0 amide bonds. The minimum absolute atomic E-state index is 0.105. The molecule has 1 unspecified atom stereocenters. The molecule has 256 valence electrons. The molecule has 7 aromatic carbocycles. The first-order chi connectivity index (χ1) is 26.8. The van der Waals surface area contributed by atoms with Crippen LogP contribution in [0.3, 0.4) is 0 Å². The molecule has 1 aromatic heterocycles. The van der Waals surface area contributed by atoms with E-state index in [2.05, 4.69) is 204 Å². The molecule has 8 aromatic rings. The Morgan fingerprint density at radius 3 is 1.70 bits per heavy atom. The van der Waals surface area contributed by atoms with E-state index in [0.29, 0.717) is 0 Å². The molecular weight excluding hydrogens is 655 g/mol. The maximum atomic E-state index is 4.95. The van der Waals surface area contributed by atoms with Crippen molar-refractivity contribution in [1.82, 2.24) is 4.98 Å². The normalized spacial score (nSPS) is 14.3. The Morgan fingerprint density at radius 2 is 1.09 bits per heavy atom. The summed E-state index contributed by atoms with van der Waals surface area (Å²) in [6.07, 6.45) is 7.66. The van der Waals surface area contributed by atoms with Gasteiger partial charge in [0.1, 0.15) is 5.82 Å². The van der Waals surface area contributed by atoms with Crippen LogP contribution in [0.4, 0.5) is 28.6 Å². The van der Waals surface area contributed by atoms with Crippen molar-refractivity contribution in [1.29, 1.82) is 0 Å². The van der Waals surface area contributed by atoms with Gasteiger partial charge in [-0.2, -0.15) is 0 Å².